The van der Waals surface area contributed by atoms with E-state index in [-0.39, 0.29) is 12.0 Å². The van der Waals surface area contributed by atoms with E-state index in [0.717, 1.165) is 43.8 Å². The SMILES string of the molecule is CS(=O)c1ccc(C(=O)NCCCN2CCC(O)CC2)cc1. The maximum absolute atomic E-state index is 12.0. The molecule has 1 aromatic rings. The van der Waals surface area contributed by atoms with Crippen LogP contribution < -0.4 is 5.32 Å². The Kier molecular flexibility index (Phi) is 6.54. The van der Waals surface area contributed by atoms with E-state index in [9.17, 15) is 14.1 Å². The van der Waals surface area contributed by atoms with Gasteiger partial charge in [0.15, 0.2) is 0 Å². The molecule has 6 heteroatoms. The molecule has 0 aromatic heterocycles. The van der Waals surface area contributed by atoms with E-state index in [2.05, 4.69) is 10.2 Å². The Labute approximate surface area is 134 Å². The largest absolute Gasteiger partial charge is 0.393 e. The first-order valence-electron chi connectivity index (χ1n) is 7.68. The molecule has 1 aliphatic rings. The second kappa shape index (κ2) is 8.41. The van der Waals surface area contributed by atoms with Crippen LogP contribution in [0.2, 0.25) is 0 Å². The molecule has 1 unspecified atom stereocenters. The number of rotatable bonds is 6. The Morgan fingerprint density at radius 3 is 2.55 bits per heavy atom. The number of nitrogens with zero attached hydrogens (tertiary/aromatic N) is 1. The van der Waals surface area contributed by atoms with Crippen LogP contribution in [0.15, 0.2) is 29.2 Å². The van der Waals surface area contributed by atoms with Crippen molar-refractivity contribution in [3.05, 3.63) is 29.8 Å². The Hall–Kier alpha value is -1.24. The van der Waals surface area contributed by atoms with Gasteiger partial charge in [0.05, 0.1) is 6.10 Å². The molecule has 122 valence electrons. The lowest BCUT2D eigenvalue weighted by Crippen LogP contribution is -2.37. The van der Waals surface area contributed by atoms with Gasteiger partial charge < -0.3 is 15.3 Å². The fourth-order valence-electron chi connectivity index (χ4n) is 2.55. The lowest BCUT2D eigenvalue weighted by molar-refractivity contribution is 0.0816. The fraction of sp³-hybridized carbons (Fsp3) is 0.562. The van der Waals surface area contributed by atoms with E-state index in [0.29, 0.717) is 12.1 Å². The molecule has 0 saturated carbocycles. The van der Waals surface area contributed by atoms with E-state index in [1.54, 1.807) is 30.5 Å². The number of hydrogen-bond acceptors (Lipinski definition) is 4. The van der Waals surface area contributed by atoms with Crippen LogP contribution in [0.25, 0.3) is 0 Å². The average Bonchev–Trinajstić information content (AvgIpc) is 2.53. The van der Waals surface area contributed by atoms with E-state index < -0.39 is 10.8 Å². The Bertz CT molecular complexity index is 511. The van der Waals surface area contributed by atoms with Crippen molar-refractivity contribution < 1.29 is 14.1 Å². The molecular formula is C16H24N2O3S. The van der Waals surface area contributed by atoms with Crippen molar-refractivity contribution in [2.45, 2.75) is 30.3 Å². The highest BCUT2D eigenvalue weighted by Gasteiger charge is 2.16. The minimum atomic E-state index is -1.02. The monoisotopic (exact) mass is 324 g/mol. The van der Waals surface area contributed by atoms with Crippen LogP contribution in [-0.4, -0.2) is 58.7 Å². The molecule has 22 heavy (non-hydrogen) atoms. The topological polar surface area (TPSA) is 69.6 Å². The average molecular weight is 324 g/mol. The van der Waals surface area contributed by atoms with Crippen molar-refractivity contribution in [1.82, 2.24) is 10.2 Å². The standard InChI is InChI=1S/C16H24N2O3S/c1-22(21)15-5-3-13(4-6-15)16(20)17-9-2-10-18-11-7-14(19)8-12-18/h3-6,14,19H,2,7-12H2,1H3,(H,17,20). The molecule has 1 fully saturated rings. The normalized spacial score (nSPS) is 18.1. The molecule has 1 aliphatic heterocycles. The molecule has 2 N–H and O–H groups in total. The zero-order valence-corrected chi connectivity index (χ0v) is 13.8. The molecular weight excluding hydrogens is 300 g/mol. The number of likely N-dealkylation sites (tertiary alicyclic amines) is 1. The first-order chi connectivity index (χ1) is 10.6. The number of carbonyl (C=O) groups is 1. The molecule has 0 bridgehead atoms. The summed E-state index contributed by atoms with van der Waals surface area (Å²) in [5, 5.41) is 12.4. The fourth-order valence-corrected chi connectivity index (χ4v) is 3.07. The van der Waals surface area contributed by atoms with E-state index >= 15 is 0 Å². The van der Waals surface area contributed by atoms with Gasteiger partial charge in [-0.05, 0) is 50.1 Å². The first kappa shape index (κ1) is 17.1. The van der Waals surface area contributed by atoms with E-state index in [1.165, 1.54) is 0 Å². The third kappa shape index (κ3) is 5.19. The van der Waals surface area contributed by atoms with Gasteiger partial charge in [-0.3, -0.25) is 9.00 Å². The van der Waals surface area contributed by atoms with Crippen molar-refractivity contribution in [3.8, 4) is 0 Å². The molecule has 0 spiro atoms. The van der Waals surface area contributed by atoms with Crippen molar-refractivity contribution in [3.63, 3.8) is 0 Å². The second-order valence-corrected chi connectivity index (χ2v) is 7.04. The van der Waals surface area contributed by atoms with Crippen molar-refractivity contribution >= 4 is 16.7 Å². The predicted molar refractivity (Wildman–Crippen MR) is 87.4 cm³/mol. The van der Waals surface area contributed by atoms with Gasteiger partial charge in [0.2, 0.25) is 0 Å². The molecule has 0 radical (unpaired) electrons. The molecule has 0 aliphatic carbocycles. The van der Waals surface area contributed by atoms with Gasteiger partial charge in [0.1, 0.15) is 0 Å². The molecule has 1 amide bonds. The number of nitrogens with one attached hydrogen (secondary N) is 1. The van der Waals surface area contributed by atoms with Crippen molar-refractivity contribution in [1.29, 1.82) is 0 Å². The Balaban J connectivity index is 1.68. The number of aliphatic hydroxyl groups is 1. The van der Waals surface area contributed by atoms with Gasteiger partial charge >= 0.3 is 0 Å². The zero-order valence-electron chi connectivity index (χ0n) is 13.0. The predicted octanol–water partition coefficient (Wildman–Crippen LogP) is 1.00. The molecule has 5 nitrogen and oxygen atoms in total. The maximum atomic E-state index is 12.0. The summed E-state index contributed by atoms with van der Waals surface area (Å²) in [7, 11) is -1.02. The summed E-state index contributed by atoms with van der Waals surface area (Å²) < 4.78 is 11.3. The zero-order chi connectivity index (χ0) is 15.9. The van der Waals surface area contributed by atoms with E-state index in [4.69, 9.17) is 0 Å². The molecule has 1 saturated heterocycles. The van der Waals surface area contributed by atoms with E-state index in [1.807, 2.05) is 0 Å². The van der Waals surface area contributed by atoms with Crippen LogP contribution in [0.3, 0.4) is 0 Å². The van der Waals surface area contributed by atoms with Gasteiger partial charge in [0.25, 0.3) is 5.91 Å². The van der Waals surface area contributed by atoms with Crippen molar-refractivity contribution in [2.75, 3.05) is 32.4 Å². The third-order valence-electron chi connectivity index (χ3n) is 3.94. The lowest BCUT2D eigenvalue weighted by Gasteiger charge is -2.29. The second-order valence-electron chi connectivity index (χ2n) is 5.66. The number of piperidine rings is 1. The molecule has 1 heterocycles. The molecule has 1 atom stereocenters. The maximum Gasteiger partial charge on any atom is 0.251 e. The van der Waals surface area contributed by atoms with Gasteiger partial charge in [-0.2, -0.15) is 0 Å². The third-order valence-corrected chi connectivity index (χ3v) is 4.88. The number of benzene rings is 1. The van der Waals surface area contributed by atoms with Crippen LogP contribution in [0.4, 0.5) is 0 Å². The van der Waals surface area contributed by atoms with Crippen LogP contribution in [0, 0.1) is 0 Å². The minimum Gasteiger partial charge on any atom is -0.393 e. The summed E-state index contributed by atoms with van der Waals surface area (Å²) >= 11 is 0. The summed E-state index contributed by atoms with van der Waals surface area (Å²) in [6.45, 7) is 3.45. The highest BCUT2D eigenvalue weighted by Crippen LogP contribution is 2.10. The highest BCUT2D eigenvalue weighted by atomic mass is 32.2. The van der Waals surface area contributed by atoms with Gasteiger partial charge in [-0.15, -0.1) is 0 Å². The molecule has 2 rings (SSSR count). The first-order valence-corrected chi connectivity index (χ1v) is 9.24. The number of hydrogen-bond donors (Lipinski definition) is 2. The lowest BCUT2D eigenvalue weighted by atomic mass is 10.1. The van der Waals surface area contributed by atoms with Crippen LogP contribution in [-0.2, 0) is 10.8 Å². The Morgan fingerprint density at radius 2 is 1.95 bits per heavy atom. The van der Waals surface area contributed by atoms with Crippen LogP contribution in [0.1, 0.15) is 29.6 Å². The van der Waals surface area contributed by atoms with Gasteiger partial charge in [0, 0.05) is 47.1 Å². The quantitative estimate of drug-likeness (QED) is 0.766. The van der Waals surface area contributed by atoms with Crippen LogP contribution >= 0.6 is 0 Å². The minimum absolute atomic E-state index is 0.0949. The Morgan fingerprint density at radius 1 is 1.32 bits per heavy atom. The number of carbonyl (C=O) groups excluding carboxylic acids is 1. The summed E-state index contributed by atoms with van der Waals surface area (Å²) in [5.74, 6) is -0.0949. The summed E-state index contributed by atoms with van der Waals surface area (Å²) in [5.41, 5.74) is 0.593. The highest BCUT2D eigenvalue weighted by molar-refractivity contribution is 7.84. The van der Waals surface area contributed by atoms with Gasteiger partial charge in [-0.25, -0.2) is 0 Å². The molecule has 1 aromatic carbocycles. The number of aliphatic hydroxyl groups excluding tert-OH is 1. The van der Waals surface area contributed by atoms with Crippen molar-refractivity contribution in [2.24, 2.45) is 0 Å². The van der Waals surface area contributed by atoms with Gasteiger partial charge in [-0.1, -0.05) is 0 Å². The summed E-state index contributed by atoms with van der Waals surface area (Å²) in [4.78, 5) is 15.0. The summed E-state index contributed by atoms with van der Waals surface area (Å²) in [6.07, 6.45) is 4.07. The smallest absolute Gasteiger partial charge is 0.251 e. The number of amides is 1. The van der Waals surface area contributed by atoms with Crippen LogP contribution in [0.5, 0.6) is 0 Å². The summed E-state index contributed by atoms with van der Waals surface area (Å²) in [6, 6.07) is 6.87.